The third-order valence-electron chi connectivity index (χ3n) is 0. The zero-order valence-electron chi connectivity index (χ0n) is 6.46. The van der Waals surface area contributed by atoms with E-state index in [1.807, 2.05) is 0 Å². The molecule has 0 saturated carbocycles. The van der Waals surface area contributed by atoms with Crippen LogP contribution in [0.5, 0.6) is 0 Å². The van der Waals surface area contributed by atoms with Gasteiger partial charge in [-0.3, -0.25) is 0 Å². The molecule has 0 aromatic carbocycles. The molecule has 10 heteroatoms. The fourth-order valence-electron chi connectivity index (χ4n) is 0. The second-order valence-corrected chi connectivity index (χ2v) is 1.34. The average Bonchev–Trinajstić information content (AvgIpc) is 0.722. The Bertz CT molecular complexity index is 63.4. The molecule has 0 radical (unpaired) electrons. The van der Waals surface area contributed by atoms with Gasteiger partial charge >= 0.3 is 75.4 Å². The number of phosphoric acid groups is 1. The standard InChI is InChI=1S/FH.4Li.H3O4P/c;;;;;1-5(2,3)4/h1H;;;;;(H3,1,2,3,4)/q;4*+1;/p-4. The van der Waals surface area contributed by atoms with Crippen LogP contribution in [0.3, 0.4) is 0 Å². The van der Waals surface area contributed by atoms with Crippen LogP contribution in [0.2, 0.25) is 0 Å². The maximum absolute atomic E-state index is 8.55. The summed E-state index contributed by atoms with van der Waals surface area (Å²) in [5.41, 5.74) is 0. The topological polar surface area (TPSA) is 86.2 Å². The SMILES string of the molecule is O=P([O-])([O-])[O-].[F-].[Li+].[Li+].[Li+].[Li+]. The van der Waals surface area contributed by atoms with Gasteiger partial charge in [-0.2, -0.15) is 7.82 Å². The van der Waals surface area contributed by atoms with Gasteiger partial charge in [0.15, 0.2) is 0 Å². The first kappa shape index (κ1) is 39.3. The molecule has 0 bridgehead atoms. The minimum absolute atomic E-state index is 0. The largest absolute Gasteiger partial charge is 1.00 e. The van der Waals surface area contributed by atoms with E-state index in [0.29, 0.717) is 0 Å². The third kappa shape index (κ3) is 157. The Morgan fingerprint density at radius 1 is 0.800 bits per heavy atom. The van der Waals surface area contributed by atoms with Gasteiger partial charge in [0.25, 0.3) is 0 Å². The van der Waals surface area contributed by atoms with E-state index in [2.05, 4.69) is 0 Å². The minimum atomic E-state index is -5.39. The average molecular weight is 142 g/mol. The van der Waals surface area contributed by atoms with Crippen molar-refractivity contribution >= 4 is 7.82 Å². The molecule has 0 atom stereocenters. The van der Waals surface area contributed by atoms with Crippen LogP contribution in [0.25, 0.3) is 0 Å². The van der Waals surface area contributed by atoms with Crippen molar-refractivity contribution in [3.63, 3.8) is 0 Å². The molecule has 0 N–H and O–H groups in total. The molecule has 0 unspecified atom stereocenters. The van der Waals surface area contributed by atoms with Gasteiger partial charge in [0.1, 0.15) is 0 Å². The van der Waals surface area contributed by atoms with E-state index in [1.54, 1.807) is 0 Å². The summed E-state index contributed by atoms with van der Waals surface area (Å²) in [4.78, 5) is 25.6. The Morgan fingerprint density at radius 3 is 0.800 bits per heavy atom. The molecule has 0 aliphatic carbocycles. The Labute approximate surface area is 106 Å². The molecule has 0 aromatic heterocycles. The van der Waals surface area contributed by atoms with E-state index in [-0.39, 0.29) is 80.1 Å². The Hall–Kier alpha value is 2.43. The first-order valence-corrected chi connectivity index (χ1v) is 2.19. The quantitative estimate of drug-likeness (QED) is 0.248. The van der Waals surface area contributed by atoms with E-state index in [1.165, 1.54) is 0 Å². The molecule has 0 saturated heterocycles. The molecule has 0 amide bonds. The molecule has 10 heavy (non-hydrogen) atoms. The Balaban J connectivity index is -0.00000000800. The monoisotopic (exact) mass is 142 g/mol. The fourth-order valence-corrected chi connectivity index (χ4v) is 0. The van der Waals surface area contributed by atoms with Crippen molar-refractivity contribution in [3.05, 3.63) is 0 Å². The fraction of sp³-hybridized carbons (Fsp3) is 0. The predicted octanol–water partition coefficient (Wildman–Crippen LogP) is -17.8. The summed E-state index contributed by atoms with van der Waals surface area (Å²) in [5.74, 6) is 0. The van der Waals surface area contributed by atoms with Crippen LogP contribution < -0.4 is 94.8 Å². The number of halogens is 1. The van der Waals surface area contributed by atoms with Gasteiger partial charge in [0.2, 0.25) is 0 Å². The van der Waals surface area contributed by atoms with E-state index >= 15 is 0 Å². The molecule has 0 aliphatic rings. The van der Waals surface area contributed by atoms with Crippen molar-refractivity contribution in [2.45, 2.75) is 0 Å². The van der Waals surface area contributed by atoms with E-state index < -0.39 is 7.82 Å². The smallest absolute Gasteiger partial charge is 1.00 e. The van der Waals surface area contributed by atoms with Crippen molar-refractivity contribution in [1.82, 2.24) is 0 Å². The van der Waals surface area contributed by atoms with Gasteiger partial charge < -0.3 is 23.9 Å². The van der Waals surface area contributed by atoms with Crippen LogP contribution in [-0.4, -0.2) is 0 Å². The predicted molar refractivity (Wildman–Crippen MR) is 7.61 cm³/mol. The summed E-state index contributed by atoms with van der Waals surface area (Å²) in [6.45, 7) is 0. The summed E-state index contributed by atoms with van der Waals surface area (Å²) in [6, 6.07) is 0. The number of rotatable bonds is 0. The molecular weight excluding hydrogens is 142 g/mol. The maximum atomic E-state index is 8.55. The van der Waals surface area contributed by atoms with Crippen molar-refractivity contribution < 1.29 is 99.4 Å². The summed E-state index contributed by atoms with van der Waals surface area (Å²) < 4.78 is 8.55. The van der Waals surface area contributed by atoms with Gasteiger partial charge in [0.05, 0.1) is 0 Å². The van der Waals surface area contributed by atoms with Gasteiger partial charge in [-0.1, -0.05) is 0 Å². The number of hydrogen-bond acceptors (Lipinski definition) is 4. The van der Waals surface area contributed by atoms with E-state index in [0.717, 1.165) is 0 Å². The second kappa shape index (κ2) is 17.5. The molecule has 0 aromatic rings. The van der Waals surface area contributed by atoms with Gasteiger partial charge in [-0.15, -0.1) is 0 Å². The number of hydrogen-bond donors (Lipinski definition) is 0. The van der Waals surface area contributed by atoms with E-state index in [4.69, 9.17) is 19.2 Å². The molecule has 0 aliphatic heterocycles. The minimum Gasteiger partial charge on any atom is -1.00 e. The third-order valence-corrected chi connectivity index (χ3v) is 0. The molecule has 40 valence electrons. The first-order chi connectivity index (χ1) is 2.00. The van der Waals surface area contributed by atoms with Crippen molar-refractivity contribution in [2.75, 3.05) is 0 Å². The zero-order chi connectivity index (χ0) is 4.50. The first-order valence-electron chi connectivity index (χ1n) is 0.730. The van der Waals surface area contributed by atoms with Crippen molar-refractivity contribution in [1.29, 1.82) is 0 Å². The normalized spacial score (nSPS) is 5.90. The van der Waals surface area contributed by atoms with Gasteiger partial charge in [-0.25, -0.2) is 0 Å². The Kier molecular flexibility index (Phi) is 68.7. The van der Waals surface area contributed by atoms with E-state index in [9.17, 15) is 0 Å². The molecule has 0 spiro atoms. The molecule has 0 fully saturated rings. The van der Waals surface area contributed by atoms with Crippen LogP contribution >= 0.6 is 7.82 Å². The van der Waals surface area contributed by atoms with Crippen LogP contribution in [0.15, 0.2) is 0 Å². The molecule has 0 heterocycles. The summed E-state index contributed by atoms with van der Waals surface area (Å²) in [6.07, 6.45) is 0. The Morgan fingerprint density at radius 2 is 0.800 bits per heavy atom. The van der Waals surface area contributed by atoms with Crippen molar-refractivity contribution in [2.24, 2.45) is 0 Å². The molecule has 4 nitrogen and oxygen atoms in total. The van der Waals surface area contributed by atoms with Gasteiger partial charge in [0, 0.05) is 0 Å². The van der Waals surface area contributed by atoms with Crippen molar-refractivity contribution in [3.8, 4) is 0 Å². The summed E-state index contributed by atoms with van der Waals surface area (Å²) >= 11 is 0. The molecular formula is FLi4O4P. The van der Waals surface area contributed by atoms with Gasteiger partial charge in [-0.05, 0) is 0 Å². The van der Waals surface area contributed by atoms with Crippen LogP contribution in [0.4, 0.5) is 0 Å². The van der Waals surface area contributed by atoms with Crippen LogP contribution in [0, 0.1) is 0 Å². The summed E-state index contributed by atoms with van der Waals surface area (Å²) in [7, 11) is -5.39. The maximum Gasteiger partial charge on any atom is 1.00 e. The molecule has 0 rings (SSSR count). The van der Waals surface area contributed by atoms with Crippen LogP contribution in [0.1, 0.15) is 0 Å². The summed E-state index contributed by atoms with van der Waals surface area (Å²) in [5, 5.41) is 0. The second-order valence-electron chi connectivity index (χ2n) is 0.447. The zero-order valence-corrected chi connectivity index (χ0v) is 7.35. The van der Waals surface area contributed by atoms with Crippen LogP contribution in [-0.2, 0) is 4.57 Å².